The van der Waals surface area contributed by atoms with Crippen LogP contribution < -0.4 is 14.8 Å². The molecule has 0 unspecified atom stereocenters. The molecule has 1 aromatic heterocycles. The predicted octanol–water partition coefficient (Wildman–Crippen LogP) is 5.08. The Hall–Kier alpha value is -2.54. The number of sulfonamides is 1. The largest absolute Gasteiger partial charge is 0.573 e. The van der Waals surface area contributed by atoms with Gasteiger partial charge in [0.25, 0.3) is 15.9 Å². The van der Waals surface area contributed by atoms with Crippen LogP contribution in [0.5, 0.6) is 5.75 Å². The summed E-state index contributed by atoms with van der Waals surface area (Å²) in [6, 6.07) is 8.58. The monoisotopic (exact) mass is 525 g/mol. The summed E-state index contributed by atoms with van der Waals surface area (Å²) < 4.78 is 67.8. The molecule has 3 aromatic rings. The number of ether oxygens (including phenoxy) is 1. The Kier molecular flexibility index (Phi) is 7.18. The van der Waals surface area contributed by atoms with Crippen LogP contribution in [0.4, 0.5) is 18.3 Å². The van der Waals surface area contributed by atoms with Gasteiger partial charge in [-0.3, -0.25) is 9.52 Å². The molecule has 1 amide bonds. The van der Waals surface area contributed by atoms with Crippen LogP contribution in [0.3, 0.4) is 0 Å². The van der Waals surface area contributed by atoms with Gasteiger partial charge in [0.1, 0.15) is 15.0 Å². The SMILES string of the molecule is O=C(NCc1ccc(OC(F)(F)F)cc1)c1ccc(S(=O)(=O)Nc2ncc(Cl)s2)c(Cl)c1. The lowest BCUT2D eigenvalue weighted by molar-refractivity contribution is -0.274. The first-order chi connectivity index (χ1) is 14.9. The van der Waals surface area contributed by atoms with Crippen molar-refractivity contribution in [2.75, 3.05) is 4.72 Å². The van der Waals surface area contributed by atoms with Crippen LogP contribution in [-0.2, 0) is 16.6 Å². The minimum absolute atomic E-state index is 0.00909. The number of thiazole rings is 1. The lowest BCUT2D eigenvalue weighted by Crippen LogP contribution is -2.23. The van der Waals surface area contributed by atoms with Gasteiger partial charge < -0.3 is 10.1 Å². The van der Waals surface area contributed by atoms with E-state index < -0.39 is 22.3 Å². The number of amides is 1. The topological polar surface area (TPSA) is 97.4 Å². The third-order valence-corrected chi connectivity index (χ3v) is 6.77. The molecule has 0 fully saturated rings. The molecular weight excluding hydrogens is 514 g/mol. The van der Waals surface area contributed by atoms with Crippen molar-refractivity contribution in [2.24, 2.45) is 0 Å². The Labute approximate surface area is 194 Å². The lowest BCUT2D eigenvalue weighted by atomic mass is 10.2. The highest BCUT2D eigenvalue weighted by Crippen LogP contribution is 2.28. The van der Waals surface area contributed by atoms with E-state index in [-0.39, 0.29) is 32.9 Å². The number of hydrogen-bond acceptors (Lipinski definition) is 6. The molecule has 14 heteroatoms. The molecule has 2 N–H and O–H groups in total. The van der Waals surface area contributed by atoms with Crippen molar-refractivity contribution in [2.45, 2.75) is 17.8 Å². The minimum Gasteiger partial charge on any atom is -0.406 e. The van der Waals surface area contributed by atoms with Crippen LogP contribution in [-0.4, -0.2) is 25.7 Å². The van der Waals surface area contributed by atoms with E-state index in [1.54, 1.807) is 0 Å². The number of anilines is 1. The smallest absolute Gasteiger partial charge is 0.406 e. The van der Waals surface area contributed by atoms with Gasteiger partial charge >= 0.3 is 6.36 Å². The van der Waals surface area contributed by atoms with E-state index in [1.165, 1.54) is 30.5 Å². The zero-order valence-electron chi connectivity index (χ0n) is 15.6. The van der Waals surface area contributed by atoms with Crippen molar-refractivity contribution in [3.8, 4) is 5.75 Å². The number of rotatable bonds is 7. The maximum absolute atomic E-state index is 12.5. The van der Waals surface area contributed by atoms with Gasteiger partial charge in [-0.2, -0.15) is 0 Å². The molecule has 2 aromatic carbocycles. The number of carbonyl (C=O) groups is 1. The summed E-state index contributed by atoms with van der Waals surface area (Å²) >= 11 is 12.7. The summed E-state index contributed by atoms with van der Waals surface area (Å²) in [6.07, 6.45) is -3.51. The molecule has 0 radical (unpaired) electrons. The molecule has 0 saturated heterocycles. The molecule has 32 heavy (non-hydrogen) atoms. The van der Waals surface area contributed by atoms with Crippen molar-refractivity contribution in [3.05, 3.63) is 69.1 Å². The van der Waals surface area contributed by atoms with Crippen LogP contribution in [0.1, 0.15) is 15.9 Å². The molecule has 170 valence electrons. The Morgan fingerprint density at radius 3 is 2.38 bits per heavy atom. The number of nitrogens with zero attached hydrogens (tertiary/aromatic N) is 1. The standard InChI is InChI=1S/C18H12Cl2F3N3O4S2/c19-13-7-11(3-6-14(13)32(28,29)26-17-25-9-15(20)31-17)16(27)24-8-10-1-4-12(5-2-10)30-18(21,22)23/h1-7,9H,8H2,(H,24,27)(H,25,26). The summed E-state index contributed by atoms with van der Waals surface area (Å²) in [4.78, 5) is 15.9. The molecular formula is C18H12Cl2F3N3O4S2. The van der Waals surface area contributed by atoms with Gasteiger partial charge in [0, 0.05) is 12.1 Å². The molecule has 0 aliphatic rings. The number of alkyl halides is 3. The molecule has 7 nitrogen and oxygen atoms in total. The molecule has 1 heterocycles. The second-order valence-corrected chi connectivity index (χ2v) is 9.81. The third-order valence-electron chi connectivity index (χ3n) is 3.79. The molecule has 0 atom stereocenters. The second kappa shape index (κ2) is 9.53. The van der Waals surface area contributed by atoms with E-state index in [0.29, 0.717) is 9.90 Å². The van der Waals surface area contributed by atoms with Crippen LogP contribution >= 0.6 is 34.5 Å². The van der Waals surface area contributed by atoms with E-state index in [2.05, 4.69) is 19.8 Å². The molecule has 3 rings (SSSR count). The predicted molar refractivity (Wildman–Crippen MR) is 114 cm³/mol. The number of hydrogen-bond donors (Lipinski definition) is 2. The van der Waals surface area contributed by atoms with Crippen molar-refractivity contribution in [3.63, 3.8) is 0 Å². The van der Waals surface area contributed by atoms with Gasteiger partial charge in [-0.25, -0.2) is 13.4 Å². The lowest BCUT2D eigenvalue weighted by Gasteiger charge is -2.11. The fraction of sp³-hybridized carbons (Fsp3) is 0.111. The highest BCUT2D eigenvalue weighted by Gasteiger charge is 2.31. The number of aromatic nitrogens is 1. The van der Waals surface area contributed by atoms with Gasteiger partial charge in [0.05, 0.1) is 11.2 Å². The summed E-state index contributed by atoms with van der Waals surface area (Å²) in [7, 11) is -4.06. The van der Waals surface area contributed by atoms with Crippen molar-refractivity contribution in [1.82, 2.24) is 10.3 Å². The van der Waals surface area contributed by atoms with E-state index in [1.807, 2.05) is 0 Å². The van der Waals surface area contributed by atoms with E-state index in [9.17, 15) is 26.4 Å². The number of carbonyl (C=O) groups excluding carboxylic acids is 1. The second-order valence-electron chi connectivity index (χ2n) is 6.09. The fourth-order valence-corrected chi connectivity index (χ4v) is 5.02. The Balaban J connectivity index is 1.64. The summed E-state index contributed by atoms with van der Waals surface area (Å²) in [6.45, 7) is 0.00909. The quantitative estimate of drug-likeness (QED) is 0.448. The molecule has 0 aliphatic carbocycles. The minimum atomic E-state index is -4.79. The fourth-order valence-electron chi connectivity index (χ4n) is 2.42. The third kappa shape index (κ3) is 6.48. The molecule has 0 spiro atoms. The maximum Gasteiger partial charge on any atom is 0.573 e. The summed E-state index contributed by atoms with van der Waals surface area (Å²) in [5.74, 6) is -0.948. The highest BCUT2D eigenvalue weighted by molar-refractivity contribution is 7.93. The Morgan fingerprint density at radius 2 is 1.81 bits per heavy atom. The van der Waals surface area contributed by atoms with Gasteiger partial charge in [-0.15, -0.1) is 13.2 Å². The van der Waals surface area contributed by atoms with Crippen molar-refractivity contribution >= 4 is 55.6 Å². The first kappa shape index (κ1) is 24.1. The zero-order valence-corrected chi connectivity index (χ0v) is 18.8. The normalized spacial score (nSPS) is 11.8. The van der Waals surface area contributed by atoms with E-state index in [0.717, 1.165) is 29.5 Å². The van der Waals surface area contributed by atoms with Gasteiger partial charge in [0.15, 0.2) is 5.13 Å². The Morgan fingerprint density at radius 1 is 1.12 bits per heavy atom. The van der Waals surface area contributed by atoms with Crippen LogP contribution in [0.2, 0.25) is 9.36 Å². The first-order valence-corrected chi connectivity index (χ1v) is 11.5. The molecule has 0 aliphatic heterocycles. The maximum atomic E-state index is 12.5. The number of halogens is 5. The number of benzene rings is 2. The van der Waals surface area contributed by atoms with Gasteiger partial charge in [-0.05, 0) is 35.9 Å². The van der Waals surface area contributed by atoms with E-state index >= 15 is 0 Å². The van der Waals surface area contributed by atoms with Gasteiger partial charge in [0.2, 0.25) is 0 Å². The number of nitrogens with one attached hydrogen (secondary N) is 2. The van der Waals surface area contributed by atoms with E-state index in [4.69, 9.17) is 23.2 Å². The van der Waals surface area contributed by atoms with Crippen LogP contribution in [0.25, 0.3) is 0 Å². The highest BCUT2D eigenvalue weighted by atomic mass is 35.5. The summed E-state index contributed by atoms with van der Waals surface area (Å²) in [5.41, 5.74) is 0.604. The van der Waals surface area contributed by atoms with Crippen LogP contribution in [0.15, 0.2) is 53.6 Å². The molecule has 0 saturated carbocycles. The van der Waals surface area contributed by atoms with Gasteiger partial charge in [-0.1, -0.05) is 46.7 Å². The summed E-state index contributed by atoms with van der Waals surface area (Å²) in [5, 5.41) is 2.42. The zero-order chi connectivity index (χ0) is 23.5. The van der Waals surface area contributed by atoms with Crippen molar-refractivity contribution in [1.29, 1.82) is 0 Å². The average Bonchev–Trinajstić information content (AvgIpc) is 3.09. The van der Waals surface area contributed by atoms with Crippen LogP contribution in [0, 0.1) is 0 Å². The molecule has 0 bridgehead atoms. The Bertz CT molecular complexity index is 1230. The first-order valence-electron chi connectivity index (χ1n) is 8.49. The van der Waals surface area contributed by atoms with Crippen molar-refractivity contribution < 1.29 is 31.1 Å². The average molecular weight is 526 g/mol.